The molecular formula is C15H15ClFN3S. The second-order valence-corrected chi connectivity index (χ2v) is 6.60. The van der Waals surface area contributed by atoms with Crippen LogP contribution in [0.1, 0.15) is 22.3 Å². The maximum atomic E-state index is 13.2. The molecule has 110 valence electrons. The highest BCUT2D eigenvalue weighted by Gasteiger charge is 2.17. The Kier molecular flexibility index (Phi) is 3.73. The summed E-state index contributed by atoms with van der Waals surface area (Å²) in [6, 6.07) is 6.61. The summed E-state index contributed by atoms with van der Waals surface area (Å²) in [7, 11) is 1.86. The average molecular weight is 324 g/mol. The normalized spacial score (nSPS) is 13.0. The maximum absolute atomic E-state index is 13.2. The van der Waals surface area contributed by atoms with Crippen LogP contribution in [-0.4, -0.2) is 9.78 Å². The molecule has 1 unspecified atom stereocenters. The first-order valence-corrected chi connectivity index (χ1v) is 7.77. The maximum Gasteiger partial charge on any atom is 0.124 e. The Morgan fingerprint density at radius 3 is 2.86 bits per heavy atom. The third-order valence-corrected chi connectivity index (χ3v) is 5.26. The van der Waals surface area contributed by atoms with E-state index >= 15 is 0 Å². The molecule has 21 heavy (non-hydrogen) atoms. The number of nitrogens with zero attached hydrogens (tertiary/aromatic N) is 2. The van der Waals surface area contributed by atoms with Gasteiger partial charge >= 0.3 is 0 Å². The second kappa shape index (κ2) is 5.40. The molecule has 0 aliphatic heterocycles. The fourth-order valence-corrected chi connectivity index (χ4v) is 3.75. The lowest BCUT2D eigenvalue weighted by atomic mass is 10.1. The Balaban J connectivity index is 1.91. The predicted molar refractivity (Wildman–Crippen MR) is 85.4 cm³/mol. The van der Waals surface area contributed by atoms with Gasteiger partial charge in [0.2, 0.25) is 0 Å². The first kappa shape index (κ1) is 14.5. The molecular weight excluding hydrogens is 309 g/mol. The molecule has 3 rings (SSSR count). The Morgan fingerprint density at radius 1 is 1.43 bits per heavy atom. The predicted octanol–water partition coefficient (Wildman–Crippen LogP) is 3.98. The summed E-state index contributed by atoms with van der Waals surface area (Å²) in [5, 5.41) is 5.97. The molecule has 2 heterocycles. The Bertz CT molecular complexity index is 809. The minimum absolute atomic E-state index is 0.183. The van der Waals surface area contributed by atoms with Crippen molar-refractivity contribution < 1.29 is 4.39 Å². The summed E-state index contributed by atoms with van der Waals surface area (Å²) in [5.74, 6) is -0.227. The van der Waals surface area contributed by atoms with E-state index in [1.807, 2.05) is 20.0 Å². The SMILES string of the molecule is Cc1nn(C)c(CC(N)c2cc3ccc(F)cc3s2)c1Cl. The Morgan fingerprint density at radius 2 is 2.19 bits per heavy atom. The van der Waals surface area contributed by atoms with E-state index in [1.54, 1.807) is 10.7 Å². The van der Waals surface area contributed by atoms with Gasteiger partial charge in [-0.2, -0.15) is 5.10 Å². The average Bonchev–Trinajstić information content (AvgIpc) is 2.95. The van der Waals surface area contributed by atoms with Crippen molar-refractivity contribution in [2.24, 2.45) is 12.8 Å². The molecule has 0 bridgehead atoms. The molecule has 0 saturated carbocycles. The van der Waals surface area contributed by atoms with Crippen LogP contribution in [0.4, 0.5) is 4.39 Å². The van der Waals surface area contributed by atoms with Gasteiger partial charge in [-0.3, -0.25) is 4.68 Å². The Labute approximate surface area is 131 Å². The van der Waals surface area contributed by atoms with Gasteiger partial charge in [0.05, 0.1) is 16.4 Å². The summed E-state index contributed by atoms with van der Waals surface area (Å²) < 4.78 is 15.9. The van der Waals surface area contributed by atoms with E-state index < -0.39 is 0 Å². The third-order valence-electron chi connectivity index (χ3n) is 3.54. The van der Waals surface area contributed by atoms with Crippen molar-refractivity contribution in [3.63, 3.8) is 0 Å². The number of hydrogen-bond donors (Lipinski definition) is 1. The van der Waals surface area contributed by atoms with E-state index in [4.69, 9.17) is 17.3 Å². The van der Waals surface area contributed by atoms with Crippen LogP contribution in [0, 0.1) is 12.7 Å². The lowest BCUT2D eigenvalue weighted by Gasteiger charge is -2.10. The molecule has 6 heteroatoms. The number of thiophene rings is 1. The van der Waals surface area contributed by atoms with Crippen molar-refractivity contribution in [1.82, 2.24) is 9.78 Å². The van der Waals surface area contributed by atoms with Crippen molar-refractivity contribution in [2.75, 3.05) is 0 Å². The molecule has 2 N–H and O–H groups in total. The summed E-state index contributed by atoms with van der Waals surface area (Å²) in [4.78, 5) is 1.02. The van der Waals surface area contributed by atoms with Crippen molar-refractivity contribution in [1.29, 1.82) is 0 Å². The minimum Gasteiger partial charge on any atom is -0.323 e. The number of fused-ring (bicyclic) bond motifs is 1. The molecule has 1 atom stereocenters. The molecule has 0 radical (unpaired) electrons. The van der Waals surface area contributed by atoms with E-state index in [1.165, 1.54) is 23.5 Å². The topological polar surface area (TPSA) is 43.8 Å². The standard InChI is InChI=1S/C15H15ClFN3S/c1-8-15(16)12(20(2)19-8)7-11(18)14-5-9-3-4-10(17)6-13(9)21-14/h3-6,11H,7,18H2,1-2H3. The van der Waals surface area contributed by atoms with E-state index in [9.17, 15) is 4.39 Å². The van der Waals surface area contributed by atoms with Gasteiger partial charge in [0.25, 0.3) is 0 Å². The number of nitrogens with two attached hydrogens (primary N) is 1. The van der Waals surface area contributed by atoms with E-state index in [0.29, 0.717) is 11.4 Å². The van der Waals surface area contributed by atoms with E-state index in [-0.39, 0.29) is 11.9 Å². The van der Waals surface area contributed by atoms with Gasteiger partial charge < -0.3 is 5.73 Å². The van der Waals surface area contributed by atoms with Gasteiger partial charge in [0, 0.05) is 29.1 Å². The first-order chi connectivity index (χ1) is 9.95. The highest BCUT2D eigenvalue weighted by atomic mass is 35.5. The number of benzene rings is 1. The number of aromatic nitrogens is 2. The van der Waals surface area contributed by atoms with Crippen LogP contribution in [-0.2, 0) is 13.5 Å². The largest absolute Gasteiger partial charge is 0.323 e. The van der Waals surface area contributed by atoms with Crippen LogP contribution in [0.15, 0.2) is 24.3 Å². The molecule has 0 spiro atoms. The number of rotatable bonds is 3. The van der Waals surface area contributed by atoms with Gasteiger partial charge in [-0.05, 0) is 30.5 Å². The molecule has 3 aromatic rings. The second-order valence-electron chi connectivity index (χ2n) is 5.11. The zero-order valence-electron chi connectivity index (χ0n) is 11.7. The number of aryl methyl sites for hydroxylation is 2. The van der Waals surface area contributed by atoms with Gasteiger partial charge in [-0.1, -0.05) is 17.7 Å². The van der Waals surface area contributed by atoms with Gasteiger partial charge in [-0.25, -0.2) is 4.39 Å². The third kappa shape index (κ3) is 2.69. The fraction of sp³-hybridized carbons (Fsp3) is 0.267. The van der Waals surface area contributed by atoms with Crippen LogP contribution in [0.5, 0.6) is 0 Å². The quantitative estimate of drug-likeness (QED) is 0.792. The molecule has 0 aliphatic carbocycles. The van der Waals surface area contributed by atoms with Crippen LogP contribution in [0.3, 0.4) is 0 Å². The lowest BCUT2D eigenvalue weighted by molar-refractivity contribution is 0.630. The molecule has 0 fully saturated rings. The summed E-state index contributed by atoms with van der Waals surface area (Å²) in [6.07, 6.45) is 0.603. The molecule has 1 aromatic carbocycles. The fourth-order valence-electron chi connectivity index (χ4n) is 2.42. The highest BCUT2D eigenvalue weighted by molar-refractivity contribution is 7.19. The first-order valence-electron chi connectivity index (χ1n) is 6.58. The van der Waals surface area contributed by atoms with E-state index in [2.05, 4.69) is 5.10 Å². The summed E-state index contributed by atoms with van der Waals surface area (Å²) in [6.45, 7) is 1.87. The zero-order valence-corrected chi connectivity index (χ0v) is 13.3. The van der Waals surface area contributed by atoms with Crippen LogP contribution in [0.25, 0.3) is 10.1 Å². The zero-order chi connectivity index (χ0) is 15.1. The van der Waals surface area contributed by atoms with Crippen LogP contribution < -0.4 is 5.73 Å². The molecule has 2 aromatic heterocycles. The smallest absolute Gasteiger partial charge is 0.124 e. The van der Waals surface area contributed by atoms with E-state index in [0.717, 1.165) is 26.4 Å². The summed E-state index contributed by atoms with van der Waals surface area (Å²) in [5.41, 5.74) is 8.02. The number of halogens is 2. The molecule has 0 saturated heterocycles. The number of hydrogen-bond acceptors (Lipinski definition) is 3. The minimum atomic E-state index is -0.227. The van der Waals surface area contributed by atoms with Gasteiger partial charge in [-0.15, -0.1) is 11.3 Å². The lowest BCUT2D eigenvalue weighted by Crippen LogP contribution is -2.14. The van der Waals surface area contributed by atoms with Crippen LogP contribution in [0.2, 0.25) is 5.02 Å². The van der Waals surface area contributed by atoms with Gasteiger partial charge in [0.1, 0.15) is 5.82 Å². The van der Waals surface area contributed by atoms with Crippen molar-refractivity contribution in [3.8, 4) is 0 Å². The Hall–Kier alpha value is -1.43. The van der Waals surface area contributed by atoms with Crippen LogP contribution >= 0.6 is 22.9 Å². The van der Waals surface area contributed by atoms with Crippen molar-refractivity contribution in [3.05, 3.63) is 51.4 Å². The van der Waals surface area contributed by atoms with Gasteiger partial charge in [0.15, 0.2) is 0 Å². The molecule has 0 aliphatic rings. The summed E-state index contributed by atoms with van der Waals surface area (Å²) >= 11 is 7.78. The highest BCUT2D eigenvalue weighted by Crippen LogP contribution is 2.32. The van der Waals surface area contributed by atoms with Crippen molar-refractivity contribution >= 4 is 33.0 Å². The monoisotopic (exact) mass is 323 g/mol. The molecule has 0 amide bonds. The van der Waals surface area contributed by atoms with Crippen molar-refractivity contribution in [2.45, 2.75) is 19.4 Å². The molecule has 3 nitrogen and oxygen atoms in total.